The van der Waals surface area contributed by atoms with Crippen molar-refractivity contribution in [2.75, 3.05) is 30.8 Å². The summed E-state index contributed by atoms with van der Waals surface area (Å²) in [5, 5.41) is 8.98. The van der Waals surface area contributed by atoms with Crippen LogP contribution in [0, 0.1) is 6.92 Å². The van der Waals surface area contributed by atoms with E-state index >= 15 is 0 Å². The van der Waals surface area contributed by atoms with Crippen LogP contribution in [0.2, 0.25) is 5.02 Å². The standard InChI is InChI=1S/C18H20ClN3O4S/c1-4-26-18(25)14-10(2)15(16(24)20-3)27-17(14)22-13(23)9-21-12-7-5-6-11(19)8-12/h5-8,21H,4,9H2,1-3H3,(H,20,24)(H,22,23). The van der Waals surface area contributed by atoms with E-state index in [0.29, 0.717) is 21.2 Å². The van der Waals surface area contributed by atoms with Crippen LogP contribution < -0.4 is 16.0 Å². The predicted molar refractivity (Wildman–Crippen MR) is 107 cm³/mol. The highest BCUT2D eigenvalue weighted by Crippen LogP contribution is 2.33. The molecule has 7 nitrogen and oxygen atoms in total. The van der Waals surface area contributed by atoms with Gasteiger partial charge in [0, 0.05) is 17.8 Å². The number of carbonyl (C=O) groups is 3. The van der Waals surface area contributed by atoms with Crippen LogP contribution in [-0.2, 0) is 9.53 Å². The first-order valence-electron chi connectivity index (χ1n) is 8.19. The van der Waals surface area contributed by atoms with Gasteiger partial charge in [-0.1, -0.05) is 17.7 Å². The largest absolute Gasteiger partial charge is 0.462 e. The average molecular weight is 410 g/mol. The van der Waals surface area contributed by atoms with Gasteiger partial charge in [0.25, 0.3) is 5.91 Å². The molecule has 3 N–H and O–H groups in total. The molecule has 0 aliphatic carbocycles. The molecule has 0 aliphatic rings. The van der Waals surface area contributed by atoms with Crippen molar-refractivity contribution in [1.82, 2.24) is 5.32 Å². The highest BCUT2D eigenvalue weighted by molar-refractivity contribution is 7.18. The maximum absolute atomic E-state index is 12.3. The molecule has 2 amide bonds. The second-order valence-electron chi connectivity index (χ2n) is 5.47. The SMILES string of the molecule is CCOC(=O)c1c(NC(=O)CNc2cccc(Cl)c2)sc(C(=O)NC)c1C. The molecule has 0 saturated carbocycles. The van der Waals surface area contributed by atoms with Crippen molar-refractivity contribution >= 4 is 51.4 Å². The summed E-state index contributed by atoms with van der Waals surface area (Å²) in [6.45, 7) is 3.49. The van der Waals surface area contributed by atoms with Gasteiger partial charge in [-0.05, 0) is 37.6 Å². The first-order valence-corrected chi connectivity index (χ1v) is 9.38. The van der Waals surface area contributed by atoms with E-state index in [1.54, 1.807) is 38.1 Å². The Labute approximate surface area is 166 Å². The molecule has 1 heterocycles. The second kappa shape index (κ2) is 9.38. The first-order chi connectivity index (χ1) is 12.9. The van der Waals surface area contributed by atoms with Crippen LogP contribution in [0.15, 0.2) is 24.3 Å². The van der Waals surface area contributed by atoms with Crippen LogP contribution in [0.4, 0.5) is 10.7 Å². The molecule has 0 radical (unpaired) electrons. The summed E-state index contributed by atoms with van der Waals surface area (Å²) in [6.07, 6.45) is 0. The van der Waals surface area contributed by atoms with Gasteiger partial charge < -0.3 is 20.7 Å². The lowest BCUT2D eigenvalue weighted by atomic mass is 10.1. The third-order valence-electron chi connectivity index (χ3n) is 3.59. The molecular weight excluding hydrogens is 390 g/mol. The van der Waals surface area contributed by atoms with Crippen molar-refractivity contribution in [3.05, 3.63) is 45.3 Å². The molecule has 0 atom stereocenters. The van der Waals surface area contributed by atoms with Crippen molar-refractivity contribution in [3.63, 3.8) is 0 Å². The van der Waals surface area contributed by atoms with Gasteiger partial charge in [0.2, 0.25) is 5.91 Å². The number of ether oxygens (including phenoxy) is 1. The van der Waals surface area contributed by atoms with Crippen LogP contribution in [0.3, 0.4) is 0 Å². The fourth-order valence-corrected chi connectivity index (χ4v) is 3.68. The van der Waals surface area contributed by atoms with E-state index in [-0.39, 0.29) is 35.5 Å². The number of nitrogens with one attached hydrogen (secondary N) is 3. The van der Waals surface area contributed by atoms with E-state index in [1.807, 2.05) is 0 Å². The molecular formula is C18H20ClN3O4S. The third-order valence-corrected chi connectivity index (χ3v) is 5.03. The van der Waals surface area contributed by atoms with Crippen LogP contribution in [-0.4, -0.2) is 38.0 Å². The number of hydrogen-bond donors (Lipinski definition) is 3. The van der Waals surface area contributed by atoms with Gasteiger partial charge in [0.05, 0.1) is 23.6 Å². The zero-order valence-electron chi connectivity index (χ0n) is 15.1. The molecule has 1 aromatic carbocycles. The minimum Gasteiger partial charge on any atom is -0.462 e. The van der Waals surface area contributed by atoms with E-state index in [1.165, 1.54) is 7.05 Å². The summed E-state index contributed by atoms with van der Waals surface area (Å²) in [6, 6.07) is 6.97. The number of anilines is 2. The molecule has 1 aromatic heterocycles. The van der Waals surface area contributed by atoms with Crippen molar-refractivity contribution in [3.8, 4) is 0 Å². The summed E-state index contributed by atoms with van der Waals surface area (Å²) in [7, 11) is 1.50. The number of rotatable bonds is 7. The van der Waals surface area contributed by atoms with E-state index in [9.17, 15) is 14.4 Å². The average Bonchev–Trinajstić information content (AvgIpc) is 2.95. The van der Waals surface area contributed by atoms with Crippen molar-refractivity contribution in [1.29, 1.82) is 0 Å². The Balaban J connectivity index is 2.19. The van der Waals surface area contributed by atoms with Crippen LogP contribution in [0.25, 0.3) is 0 Å². The highest BCUT2D eigenvalue weighted by atomic mass is 35.5. The van der Waals surface area contributed by atoms with Gasteiger partial charge in [0.1, 0.15) is 5.00 Å². The Hall–Kier alpha value is -2.58. The molecule has 0 saturated heterocycles. The quantitative estimate of drug-likeness (QED) is 0.610. The third kappa shape index (κ3) is 5.21. The number of benzene rings is 1. The molecule has 0 unspecified atom stereocenters. The molecule has 0 aliphatic heterocycles. The van der Waals surface area contributed by atoms with E-state index in [0.717, 1.165) is 11.3 Å². The lowest BCUT2D eigenvalue weighted by molar-refractivity contribution is -0.114. The summed E-state index contributed by atoms with van der Waals surface area (Å²) in [4.78, 5) is 37.0. The number of hydrogen-bond acceptors (Lipinski definition) is 6. The van der Waals surface area contributed by atoms with Gasteiger partial charge in [-0.3, -0.25) is 9.59 Å². The molecule has 144 valence electrons. The summed E-state index contributed by atoms with van der Waals surface area (Å²) in [5.41, 5.74) is 1.35. The number of halogens is 1. The fraction of sp³-hybridized carbons (Fsp3) is 0.278. The molecule has 9 heteroatoms. The maximum Gasteiger partial charge on any atom is 0.341 e. The fourth-order valence-electron chi connectivity index (χ4n) is 2.33. The minimum atomic E-state index is -0.584. The van der Waals surface area contributed by atoms with Crippen LogP contribution in [0.5, 0.6) is 0 Å². The highest BCUT2D eigenvalue weighted by Gasteiger charge is 2.26. The van der Waals surface area contributed by atoms with Crippen molar-refractivity contribution < 1.29 is 19.1 Å². The zero-order chi connectivity index (χ0) is 20.0. The van der Waals surface area contributed by atoms with Crippen molar-refractivity contribution in [2.24, 2.45) is 0 Å². The lowest BCUT2D eigenvalue weighted by Crippen LogP contribution is -2.22. The van der Waals surface area contributed by atoms with E-state index in [2.05, 4.69) is 16.0 Å². The Bertz CT molecular complexity index is 866. The lowest BCUT2D eigenvalue weighted by Gasteiger charge is -2.09. The zero-order valence-corrected chi connectivity index (χ0v) is 16.7. The van der Waals surface area contributed by atoms with Gasteiger partial charge >= 0.3 is 5.97 Å². The Morgan fingerprint density at radius 1 is 1.26 bits per heavy atom. The Kier molecular flexibility index (Phi) is 7.20. The monoisotopic (exact) mass is 409 g/mol. The molecule has 0 spiro atoms. The molecule has 2 aromatic rings. The van der Waals surface area contributed by atoms with E-state index < -0.39 is 5.97 Å². The van der Waals surface area contributed by atoms with Crippen LogP contribution in [0.1, 0.15) is 32.5 Å². The second-order valence-corrected chi connectivity index (χ2v) is 6.93. The predicted octanol–water partition coefficient (Wildman–Crippen LogP) is 3.30. The molecule has 0 bridgehead atoms. The van der Waals surface area contributed by atoms with Gasteiger partial charge in [-0.25, -0.2) is 4.79 Å². The van der Waals surface area contributed by atoms with Crippen LogP contribution >= 0.6 is 22.9 Å². The van der Waals surface area contributed by atoms with Gasteiger partial charge in [-0.2, -0.15) is 0 Å². The smallest absolute Gasteiger partial charge is 0.341 e. The number of thiophene rings is 1. The van der Waals surface area contributed by atoms with Gasteiger partial charge in [-0.15, -0.1) is 11.3 Å². The topological polar surface area (TPSA) is 96.5 Å². The maximum atomic E-state index is 12.3. The summed E-state index contributed by atoms with van der Waals surface area (Å²) in [5.74, 6) is -1.29. The normalized spacial score (nSPS) is 10.2. The minimum absolute atomic E-state index is 0.0329. The number of carbonyl (C=O) groups excluding carboxylic acids is 3. The molecule has 2 rings (SSSR count). The van der Waals surface area contributed by atoms with Crippen molar-refractivity contribution in [2.45, 2.75) is 13.8 Å². The number of amides is 2. The van der Waals surface area contributed by atoms with E-state index in [4.69, 9.17) is 16.3 Å². The summed E-state index contributed by atoms with van der Waals surface area (Å²) >= 11 is 6.94. The van der Waals surface area contributed by atoms with Gasteiger partial charge in [0.15, 0.2) is 0 Å². The number of esters is 1. The Morgan fingerprint density at radius 3 is 2.63 bits per heavy atom. The molecule has 0 fully saturated rings. The summed E-state index contributed by atoms with van der Waals surface area (Å²) < 4.78 is 5.05. The first kappa shape index (κ1) is 20.7. The Morgan fingerprint density at radius 2 is 2.00 bits per heavy atom. The molecule has 27 heavy (non-hydrogen) atoms.